The van der Waals surface area contributed by atoms with Crippen LogP contribution in [0.2, 0.25) is 5.15 Å². The van der Waals surface area contributed by atoms with Crippen molar-refractivity contribution in [2.45, 2.75) is 6.92 Å². The van der Waals surface area contributed by atoms with Crippen molar-refractivity contribution in [1.29, 1.82) is 0 Å². The van der Waals surface area contributed by atoms with E-state index in [2.05, 4.69) is 9.97 Å². The summed E-state index contributed by atoms with van der Waals surface area (Å²) >= 11 is 5.93. The third kappa shape index (κ3) is 2.38. The number of benzene rings is 1. The summed E-state index contributed by atoms with van der Waals surface area (Å²) in [4.78, 5) is 8.26. The Kier molecular flexibility index (Phi) is 3.16. The number of nitrogens with two attached hydrogens (primary N) is 1. The molecule has 4 nitrogen and oxygen atoms in total. The monoisotopic (exact) mass is 285 g/mol. The number of halogens is 1. The molecule has 2 heterocycles. The minimum Gasteiger partial charge on any atom is -0.456 e. The second-order valence-electron chi connectivity index (χ2n) is 4.46. The highest BCUT2D eigenvalue weighted by Gasteiger charge is 2.07. The van der Waals surface area contributed by atoms with E-state index in [1.165, 1.54) is 0 Å². The number of fused-ring (bicyclic) bond motifs is 1. The maximum atomic E-state index is 5.95. The van der Waals surface area contributed by atoms with Crippen LogP contribution in [0.1, 0.15) is 5.56 Å². The largest absolute Gasteiger partial charge is 0.456 e. The van der Waals surface area contributed by atoms with Crippen LogP contribution in [0.25, 0.3) is 10.9 Å². The fraction of sp³-hybridized carbons (Fsp3) is 0.0667. The number of aromatic nitrogens is 2. The van der Waals surface area contributed by atoms with Crippen LogP contribution < -0.4 is 10.5 Å². The molecule has 0 saturated heterocycles. The molecule has 20 heavy (non-hydrogen) atoms. The number of anilines is 1. The molecule has 0 fully saturated rings. The molecule has 100 valence electrons. The molecule has 3 aromatic rings. The maximum Gasteiger partial charge on any atom is 0.138 e. The fourth-order valence-electron chi connectivity index (χ4n) is 1.99. The van der Waals surface area contributed by atoms with Gasteiger partial charge in [-0.3, -0.25) is 4.98 Å². The van der Waals surface area contributed by atoms with E-state index in [4.69, 9.17) is 22.1 Å². The molecule has 3 rings (SSSR count). The Morgan fingerprint density at radius 3 is 2.75 bits per heavy atom. The standard InChI is InChI=1S/C15H12ClN3O/c1-9-6-10(17)2-3-13(9)20-14-4-5-18-12-8-19-15(16)7-11(12)14/h2-8H,17H2,1H3. The van der Waals surface area contributed by atoms with Gasteiger partial charge >= 0.3 is 0 Å². The van der Waals surface area contributed by atoms with Crippen molar-refractivity contribution in [2.75, 3.05) is 5.73 Å². The molecule has 0 atom stereocenters. The number of nitrogens with zero attached hydrogens (tertiary/aromatic N) is 2. The van der Waals surface area contributed by atoms with Crippen molar-refractivity contribution in [2.24, 2.45) is 0 Å². The van der Waals surface area contributed by atoms with Crippen molar-refractivity contribution >= 4 is 28.2 Å². The van der Waals surface area contributed by atoms with Gasteiger partial charge in [-0.05, 0) is 42.8 Å². The number of ether oxygens (including phenoxy) is 1. The molecule has 1 aromatic carbocycles. The number of rotatable bonds is 2. The van der Waals surface area contributed by atoms with Gasteiger partial charge in [-0.15, -0.1) is 0 Å². The zero-order valence-corrected chi connectivity index (χ0v) is 11.6. The van der Waals surface area contributed by atoms with Gasteiger partial charge in [0.1, 0.15) is 16.7 Å². The quantitative estimate of drug-likeness (QED) is 0.572. The highest BCUT2D eigenvalue weighted by molar-refractivity contribution is 6.30. The summed E-state index contributed by atoms with van der Waals surface area (Å²) in [6, 6.07) is 9.06. The van der Waals surface area contributed by atoms with Crippen molar-refractivity contribution in [3.8, 4) is 11.5 Å². The van der Waals surface area contributed by atoms with Crippen LogP contribution >= 0.6 is 11.6 Å². The molecule has 0 unspecified atom stereocenters. The van der Waals surface area contributed by atoms with Gasteiger partial charge in [0.2, 0.25) is 0 Å². The molecule has 0 bridgehead atoms. The summed E-state index contributed by atoms with van der Waals surface area (Å²) in [6.07, 6.45) is 3.31. The average Bonchev–Trinajstić information content (AvgIpc) is 2.42. The third-order valence-electron chi connectivity index (χ3n) is 2.97. The molecule has 5 heteroatoms. The van der Waals surface area contributed by atoms with E-state index in [9.17, 15) is 0 Å². The van der Waals surface area contributed by atoms with Crippen LogP contribution in [-0.2, 0) is 0 Å². The van der Waals surface area contributed by atoms with E-state index in [1.807, 2.05) is 19.1 Å². The van der Waals surface area contributed by atoms with Gasteiger partial charge in [0, 0.05) is 17.3 Å². The van der Waals surface area contributed by atoms with Crippen LogP contribution in [0, 0.1) is 6.92 Å². The van der Waals surface area contributed by atoms with Gasteiger partial charge in [-0.2, -0.15) is 0 Å². The van der Waals surface area contributed by atoms with Crippen LogP contribution in [0.15, 0.2) is 42.7 Å². The summed E-state index contributed by atoms with van der Waals surface area (Å²) in [5.74, 6) is 1.44. The first kappa shape index (κ1) is 12.7. The van der Waals surface area contributed by atoms with E-state index in [0.717, 1.165) is 22.2 Å². The van der Waals surface area contributed by atoms with E-state index >= 15 is 0 Å². The van der Waals surface area contributed by atoms with E-state index in [0.29, 0.717) is 16.6 Å². The minimum absolute atomic E-state index is 0.407. The third-order valence-corrected chi connectivity index (χ3v) is 3.18. The summed E-state index contributed by atoms with van der Waals surface area (Å²) < 4.78 is 5.95. The van der Waals surface area contributed by atoms with E-state index < -0.39 is 0 Å². The number of pyridine rings is 2. The maximum absolute atomic E-state index is 5.95. The Bertz CT molecular complexity index is 789. The first-order chi connectivity index (χ1) is 9.63. The predicted octanol–water partition coefficient (Wildman–Crippen LogP) is 3.97. The van der Waals surface area contributed by atoms with Gasteiger partial charge in [0.15, 0.2) is 0 Å². The number of hydrogen-bond donors (Lipinski definition) is 1. The molecular weight excluding hydrogens is 274 g/mol. The molecule has 2 aromatic heterocycles. The fourth-order valence-corrected chi connectivity index (χ4v) is 2.15. The molecule has 0 spiro atoms. The number of aryl methyl sites for hydroxylation is 1. The first-order valence-electron chi connectivity index (χ1n) is 6.08. The summed E-state index contributed by atoms with van der Waals surface area (Å²) in [7, 11) is 0. The van der Waals surface area contributed by atoms with Gasteiger partial charge in [0.25, 0.3) is 0 Å². The Morgan fingerprint density at radius 2 is 1.95 bits per heavy atom. The van der Waals surface area contributed by atoms with E-state index in [1.54, 1.807) is 30.6 Å². The highest BCUT2D eigenvalue weighted by atomic mass is 35.5. The van der Waals surface area contributed by atoms with Crippen molar-refractivity contribution in [1.82, 2.24) is 9.97 Å². The Labute approximate surface area is 121 Å². The lowest BCUT2D eigenvalue weighted by Crippen LogP contribution is -1.92. The van der Waals surface area contributed by atoms with Gasteiger partial charge in [0.05, 0.1) is 11.7 Å². The molecular formula is C15H12ClN3O. The zero-order valence-electron chi connectivity index (χ0n) is 10.8. The zero-order chi connectivity index (χ0) is 14.1. The molecule has 0 aliphatic heterocycles. The lowest BCUT2D eigenvalue weighted by Gasteiger charge is -2.11. The van der Waals surface area contributed by atoms with Crippen LogP contribution in [0.5, 0.6) is 11.5 Å². The smallest absolute Gasteiger partial charge is 0.138 e. The molecule has 0 radical (unpaired) electrons. The van der Waals surface area contributed by atoms with Crippen molar-refractivity contribution < 1.29 is 4.74 Å². The summed E-state index contributed by atoms with van der Waals surface area (Å²) in [5, 5.41) is 1.23. The first-order valence-corrected chi connectivity index (χ1v) is 6.45. The molecule has 0 aliphatic rings. The van der Waals surface area contributed by atoms with Crippen LogP contribution in [0.4, 0.5) is 5.69 Å². The number of nitrogen functional groups attached to an aromatic ring is 1. The van der Waals surface area contributed by atoms with Gasteiger partial charge in [-0.1, -0.05) is 11.6 Å². The molecule has 0 saturated carbocycles. The SMILES string of the molecule is Cc1cc(N)ccc1Oc1ccnc2cnc(Cl)cc12. The normalized spacial score (nSPS) is 10.7. The highest BCUT2D eigenvalue weighted by Crippen LogP contribution is 2.31. The van der Waals surface area contributed by atoms with Crippen LogP contribution in [-0.4, -0.2) is 9.97 Å². The number of hydrogen-bond acceptors (Lipinski definition) is 4. The van der Waals surface area contributed by atoms with Crippen LogP contribution in [0.3, 0.4) is 0 Å². The van der Waals surface area contributed by atoms with Gasteiger partial charge in [-0.25, -0.2) is 4.98 Å². The Balaban J connectivity index is 2.08. The minimum atomic E-state index is 0.407. The molecule has 0 amide bonds. The Morgan fingerprint density at radius 1 is 1.10 bits per heavy atom. The second kappa shape index (κ2) is 4.98. The average molecular weight is 286 g/mol. The predicted molar refractivity (Wildman–Crippen MR) is 80.2 cm³/mol. The van der Waals surface area contributed by atoms with Gasteiger partial charge < -0.3 is 10.5 Å². The molecule has 0 aliphatic carbocycles. The lowest BCUT2D eigenvalue weighted by atomic mass is 10.2. The van der Waals surface area contributed by atoms with E-state index in [-0.39, 0.29) is 0 Å². The Hall–Kier alpha value is -2.33. The topological polar surface area (TPSA) is 61.0 Å². The summed E-state index contributed by atoms with van der Waals surface area (Å²) in [5.41, 5.74) is 8.15. The summed E-state index contributed by atoms with van der Waals surface area (Å²) in [6.45, 7) is 1.95. The molecule has 2 N–H and O–H groups in total. The van der Waals surface area contributed by atoms with Crippen molar-refractivity contribution in [3.63, 3.8) is 0 Å². The lowest BCUT2D eigenvalue weighted by molar-refractivity contribution is 0.484. The second-order valence-corrected chi connectivity index (χ2v) is 4.85. The van der Waals surface area contributed by atoms with Crippen molar-refractivity contribution in [3.05, 3.63) is 53.4 Å².